The average Bonchev–Trinajstić information content (AvgIpc) is 2.29. The molecule has 0 saturated heterocycles. The summed E-state index contributed by atoms with van der Waals surface area (Å²) in [7, 11) is 1.69. The summed E-state index contributed by atoms with van der Waals surface area (Å²) in [4.78, 5) is 0. The predicted octanol–water partition coefficient (Wildman–Crippen LogP) is 2.55. The van der Waals surface area contributed by atoms with Gasteiger partial charge in [0.05, 0.1) is 6.61 Å². The summed E-state index contributed by atoms with van der Waals surface area (Å²) in [6.45, 7) is 5.81. The molecule has 2 atom stereocenters. The van der Waals surface area contributed by atoms with E-state index in [-0.39, 0.29) is 5.82 Å². The zero-order valence-electron chi connectivity index (χ0n) is 10.2. The second-order valence-corrected chi connectivity index (χ2v) is 4.08. The Morgan fingerprint density at radius 2 is 1.88 bits per heavy atom. The molecule has 0 aliphatic carbocycles. The van der Waals surface area contributed by atoms with E-state index in [9.17, 15) is 4.39 Å². The quantitative estimate of drug-likeness (QED) is 0.751. The minimum Gasteiger partial charge on any atom is -0.383 e. The molecule has 0 bridgehead atoms. The van der Waals surface area contributed by atoms with Crippen LogP contribution in [0.5, 0.6) is 0 Å². The zero-order valence-corrected chi connectivity index (χ0v) is 10.2. The van der Waals surface area contributed by atoms with Crippen LogP contribution in [0.15, 0.2) is 24.3 Å². The monoisotopic (exact) mass is 225 g/mol. The molecule has 0 amide bonds. The van der Waals surface area contributed by atoms with Gasteiger partial charge in [-0.2, -0.15) is 0 Å². The molecule has 1 rings (SSSR count). The SMILES string of the molecule is COCCNC(C)C(C)c1ccc(F)cc1. The Balaban J connectivity index is 2.49. The van der Waals surface area contributed by atoms with Gasteiger partial charge in [-0.3, -0.25) is 0 Å². The van der Waals surface area contributed by atoms with E-state index in [1.54, 1.807) is 7.11 Å². The lowest BCUT2D eigenvalue weighted by Gasteiger charge is -2.21. The van der Waals surface area contributed by atoms with Crippen molar-refractivity contribution in [3.8, 4) is 0 Å². The van der Waals surface area contributed by atoms with Crippen molar-refractivity contribution in [1.29, 1.82) is 0 Å². The van der Waals surface area contributed by atoms with E-state index in [1.807, 2.05) is 12.1 Å². The molecule has 2 unspecified atom stereocenters. The van der Waals surface area contributed by atoms with E-state index >= 15 is 0 Å². The molecule has 1 aromatic carbocycles. The van der Waals surface area contributed by atoms with E-state index in [0.717, 1.165) is 12.1 Å². The first-order valence-electron chi connectivity index (χ1n) is 5.63. The maximum atomic E-state index is 12.8. The number of ether oxygens (including phenoxy) is 1. The molecule has 90 valence electrons. The Bertz CT molecular complexity index is 299. The first-order chi connectivity index (χ1) is 7.65. The van der Waals surface area contributed by atoms with Crippen molar-refractivity contribution in [1.82, 2.24) is 5.32 Å². The van der Waals surface area contributed by atoms with Gasteiger partial charge < -0.3 is 10.1 Å². The van der Waals surface area contributed by atoms with Crippen LogP contribution in [0.25, 0.3) is 0 Å². The Kier molecular flexibility index (Phi) is 5.43. The Hall–Kier alpha value is -0.930. The molecule has 1 aromatic rings. The molecule has 0 saturated carbocycles. The highest BCUT2D eigenvalue weighted by Gasteiger charge is 2.13. The van der Waals surface area contributed by atoms with Crippen molar-refractivity contribution in [3.63, 3.8) is 0 Å². The summed E-state index contributed by atoms with van der Waals surface area (Å²) in [5, 5.41) is 3.38. The topological polar surface area (TPSA) is 21.3 Å². The van der Waals surface area contributed by atoms with Crippen LogP contribution in [0.1, 0.15) is 25.3 Å². The number of hydrogen-bond donors (Lipinski definition) is 1. The van der Waals surface area contributed by atoms with Crippen LogP contribution in [-0.4, -0.2) is 26.3 Å². The van der Waals surface area contributed by atoms with Crippen molar-refractivity contribution in [2.75, 3.05) is 20.3 Å². The van der Waals surface area contributed by atoms with Crippen LogP contribution in [0, 0.1) is 5.82 Å². The molecule has 1 N–H and O–H groups in total. The fraction of sp³-hybridized carbons (Fsp3) is 0.538. The number of hydrogen-bond acceptors (Lipinski definition) is 2. The van der Waals surface area contributed by atoms with Gasteiger partial charge in [-0.15, -0.1) is 0 Å². The van der Waals surface area contributed by atoms with Crippen molar-refractivity contribution in [3.05, 3.63) is 35.6 Å². The van der Waals surface area contributed by atoms with E-state index in [0.29, 0.717) is 18.6 Å². The number of halogens is 1. The van der Waals surface area contributed by atoms with E-state index in [1.165, 1.54) is 12.1 Å². The van der Waals surface area contributed by atoms with E-state index < -0.39 is 0 Å². The highest BCUT2D eigenvalue weighted by molar-refractivity contribution is 5.21. The normalized spacial score (nSPS) is 14.8. The standard InChI is InChI=1S/C13H20FNO/c1-10(11(2)15-8-9-16-3)12-4-6-13(14)7-5-12/h4-7,10-11,15H,8-9H2,1-3H3. The van der Waals surface area contributed by atoms with Crippen molar-refractivity contribution in [2.45, 2.75) is 25.8 Å². The van der Waals surface area contributed by atoms with E-state index in [2.05, 4.69) is 19.2 Å². The zero-order chi connectivity index (χ0) is 12.0. The molecule has 0 aromatic heterocycles. The summed E-state index contributed by atoms with van der Waals surface area (Å²) >= 11 is 0. The fourth-order valence-corrected chi connectivity index (χ4v) is 1.62. The smallest absolute Gasteiger partial charge is 0.123 e. The van der Waals surface area contributed by atoms with Gasteiger partial charge in [-0.05, 0) is 30.5 Å². The van der Waals surface area contributed by atoms with Crippen LogP contribution < -0.4 is 5.32 Å². The summed E-state index contributed by atoms with van der Waals surface area (Å²) in [6, 6.07) is 7.05. The summed E-state index contributed by atoms with van der Waals surface area (Å²) in [6.07, 6.45) is 0. The lowest BCUT2D eigenvalue weighted by Crippen LogP contribution is -2.33. The molecule has 0 radical (unpaired) electrons. The first kappa shape index (κ1) is 13.1. The van der Waals surface area contributed by atoms with Gasteiger partial charge in [-0.25, -0.2) is 4.39 Å². The van der Waals surface area contributed by atoms with Gasteiger partial charge in [0.1, 0.15) is 5.82 Å². The van der Waals surface area contributed by atoms with Crippen LogP contribution >= 0.6 is 0 Å². The highest BCUT2D eigenvalue weighted by Crippen LogP contribution is 2.19. The summed E-state index contributed by atoms with van der Waals surface area (Å²) in [5.74, 6) is 0.174. The molecular formula is C13H20FNO. The predicted molar refractivity (Wildman–Crippen MR) is 64.2 cm³/mol. The molecular weight excluding hydrogens is 205 g/mol. The molecule has 2 nitrogen and oxygen atoms in total. The van der Waals surface area contributed by atoms with Crippen LogP contribution in [0.2, 0.25) is 0 Å². The highest BCUT2D eigenvalue weighted by atomic mass is 19.1. The average molecular weight is 225 g/mol. The van der Waals surface area contributed by atoms with Crippen molar-refractivity contribution >= 4 is 0 Å². The van der Waals surface area contributed by atoms with Gasteiger partial charge in [0.2, 0.25) is 0 Å². The van der Waals surface area contributed by atoms with Crippen LogP contribution in [0.3, 0.4) is 0 Å². The molecule has 0 spiro atoms. The maximum Gasteiger partial charge on any atom is 0.123 e. The Morgan fingerprint density at radius 1 is 1.25 bits per heavy atom. The minimum atomic E-state index is -0.184. The van der Waals surface area contributed by atoms with Gasteiger partial charge in [0.15, 0.2) is 0 Å². The summed E-state index contributed by atoms with van der Waals surface area (Å²) in [5.41, 5.74) is 1.15. The molecule has 0 aliphatic rings. The lowest BCUT2D eigenvalue weighted by molar-refractivity contribution is 0.195. The lowest BCUT2D eigenvalue weighted by atomic mass is 9.94. The van der Waals surface area contributed by atoms with Crippen LogP contribution in [-0.2, 0) is 4.74 Å². The van der Waals surface area contributed by atoms with Crippen molar-refractivity contribution < 1.29 is 9.13 Å². The number of methoxy groups -OCH3 is 1. The molecule has 16 heavy (non-hydrogen) atoms. The maximum absolute atomic E-state index is 12.8. The van der Waals surface area contributed by atoms with Crippen molar-refractivity contribution in [2.24, 2.45) is 0 Å². The minimum absolute atomic E-state index is 0.184. The molecule has 0 heterocycles. The first-order valence-corrected chi connectivity index (χ1v) is 5.63. The largest absolute Gasteiger partial charge is 0.383 e. The third kappa shape index (κ3) is 3.91. The Labute approximate surface area is 96.8 Å². The van der Waals surface area contributed by atoms with Gasteiger partial charge in [-0.1, -0.05) is 19.1 Å². The van der Waals surface area contributed by atoms with Gasteiger partial charge >= 0.3 is 0 Å². The molecule has 3 heteroatoms. The fourth-order valence-electron chi connectivity index (χ4n) is 1.62. The number of nitrogens with one attached hydrogen (secondary N) is 1. The molecule has 0 fully saturated rings. The van der Waals surface area contributed by atoms with Gasteiger partial charge in [0, 0.05) is 19.7 Å². The number of benzene rings is 1. The van der Waals surface area contributed by atoms with Gasteiger partial charge in [0.25, 0.3) is 0 Å². The van der Waals surface area contributed by atoms with Crippen LogP contribution in [0.4, 0.5) is 4.39 Å². The second kappa shape index (κ2) is 6.61. The Morgan fingerprint density at radius 3 is 2.44 bits per heavy atom. The van der Waals surface area contributed by atoms with E-state index in [4.69, 9.17) is 4.74 Å². The molecule has 0 aliphatic heterocycles. The third-order valence-electron chi connectivity index (χ3n) is 2.92. The number of rotatable bonds is 6. The third-order valence-corrected chi connectivity index (χ3v) is 2.92. The summed E-state index contributed by atoms with van der Waals surface area (Å²) < 4.78 is 17.7. The second-order valence-electron chi connectivity index (χ2n) is 4.08.